The van der Waals surface area contributed by atoms with Crippen LogP contribution >= 0.6 is 0 Å². The lowest BCUT2D eigenvalue weighted by molar-refractivity contribution is 0.250. The summed E-state index contributed by atoms with van der Waals surface area (Å²) in [6.45, 7) is 6.31. The second kappa shape index (κ2) is 7.57. The Labute approximate surface area is 147 Å². The van der Waals surface area contributed by atoms with Crippen LogP contribution in [-0.4, -0.2) is 62.1 Å². The molecule has 7 nitrogen and oxygen atoms in total. The number of nitrogens with zero attached hydrogens (tertiary/aromatic N) is 7. The van der Waals surface area contributed by atoms with Gasteiger partial charge in [0, 0.05) is 51.3 Å². The largest absolute Gasteiger partial charge is 0.338 e. The van der Waals surface area contributed by atoms with Gasteiger partial charge in [-0.1, -0.05) is 0 Å². The lowest BCUT2D eigenvalue weighted by Crippen LogP contribution is -2.47. The molecule has 1 aliphatic rings. The number of hydrogen-bond acceptors (Lipinski definition) is 6. The molecular formula is C18H23N7. The zero-order valence-corrected chi connectivity index (χ0v) is 14.3. The number of imidazole rings is 1. The molecule has 4 rings (SSSR count). The third kappa shape index (κ3) is 3.76. The maximum absolute atomic E-state index is 4.35. The number of unbranched alkanes of at least 4 members (excludes halogenated alkanes) is 1. The summed E-state index contributed by atoms with van der Waals surface area (Å²) in [4.78, 5) is 22.1. The number of piperazine rings is 1. The first-order valence-corrected chi connectivity index (χ1v) is 8.90. The summed E-state index contributed by atoms with van der Waals surface area (Å²) in [6.07, 6.45) is 9.66. The fraction of sp³-hybridized carbons (Fsp3) is 0.444. The minimum Gasteiger partial charge on any atom is -0.338 e. The highest BCUT2D eigenvalue weighted by atomic mass is 15.3. The van der Waals surface area contributed by atoms with Crippen molar-refractivity contribution in [2.24, 2.45) is 0 Å². The summed E-state index contributed by atoms with van der Waals surface area (Å²) in [7, 11) is 0. The van der Waals surface area contributed by atoms with Gasteiger partial charge in [0.15, 0.2) is 5.65 Å². The third-order valence-electron chi connectivity index (χ3n) is 4.73. The highest BCUT2D eigenvalue weighted by Gasteiger charge is 2.18. The van der Waals surface area contributed by atoms with Gasteiger partial charge in [0.2, 0.25) is 5.95 Å². The molecule has 1 saturated heterocycles. The van der Waals surface area contributed by atoms with Gasteiger partial charge in [-0.25, -0.2) is 19.9 Å². The molecule has 1 aliphatic heterocycles. The Hall–Kier alpha value is -2.54. The van der Waals surface area contributed by atoms with Crippen molar-refractivity contribution >= 4 is 17.1 Å². The van der Waals surface area contributed by atoms with E-state index < -0.39 is 0 Å². The molecule has 25 heavy (non-hydrogen) atoms. The number of fused-ring (bicyclic) bond motifs is 1. The fourth-order valence-corrected chi connectivity index (χ4v) is 3.32. The molecule has 0 aliphatic carbocycles. The molecule has 0 spiro atoms. The molecule has 3 aromatic rings. The number of hydrogen-bond donors (Lipinski definition) is 0. The second-order valence-electron chi connectivity index (χ2n) is 6.37. The van der Waals surface area contributed by atoms with Gasteiger partial charge in [0.25, 0.3) is 0 Å². The summed E-state index contributed by atoms with van der Waals surface area (Å²) in [6, 6.07) is 5.91. The van der Waals surface area contributed by atoms with Crippen LogP contribution in [0.4, 0.5) is 5.95 Å². The average molecular weight is 337 g/mol. The second-order valence-corrected chi connectivity index (χ2v) is 6.37. The molecule has 0 atom stereocenters. The molecule has 0 aromatic carbocycles. The van der Waals surface area contributed by atoms with E-state index in [0.29, 0.717) is 0 Å². The van der Waals surface area contributed by atoms with Crippen LogP contribution in [-0.2, 0) is 6.54 Å². The van der Waals surface area contributed by atoms with E-state index in [1.54, 1.807) is 6.20 Å². The number of anilines is 1. The minimum atomic E-state index is 0.835. The Morgan fingerprint density at radius 2 is 1.56 bits per heavy atom. The van der Waals surface area contributed by atoms with Gasteiger partial charge < -0.3 is 9.47 Å². The first-order chi connectivity index (χ1) is 12.4. The molecular weight excluding hydrogens is 314 g/mol. The third-order valence-corrected chi connectivity index (χ3v) is 4.73. The molecule has 130 valence electrons. The smallest absolute Gasteiger partial charge is 0.225 e. The van der Waals surface area contributed by atoms with Crippen LogP contribution < -0.4 is 4.90 Å². The average Bonchev–Trinajstić information content (AvgIpc) is 3.10. The minimum absolute atomic E-state index is 0.835. The van der Waals surface area contributed by atoms with Crippen molar-refractivity contribution in [2.75, 3.05) is 37.6 Å². The van der Waals surface area contributed by atoms with Gasteiger partial charge in [0.1, 0.15) is 0 Å². The van der Waals surface area contributed by atoms with Crippen LogP contribution in [0, 0.1) is 0 Å². The van der Waals surface area contributed by atoms with Crippen molar-refractivity contribution in [1.29, 1.82) is 0 Å². The van der Waals surface area contributed by atoms with Gasteiger partial charge in [-0.15, -0.1) is 0 Å². The van der Waals surface area contributed by atoms with Gasteiger partial charge in [-0.05, 0) is 37.6 Å². The standard InChI is InChI=1S/C18H23N7/c1(2-10-25-15-22-17-16(25)5-3-6-19-17)9-23-11-13-24(14-12-23)18-20-7-4-8-21-18/h3-8,15H,1-2,9-14H2. The Kier molecular flexibility index (Phi) is 4.83. The van der Waals surface area contributed by atoms with E-state index in [0.717, 1.165) is 62.8 Å². The number of aromatic nitrogens is 5. The first-order valence-electron chi connectivity index (χ1n) is 8.90. The number of pyridine rings is 1. The van der Waals surface area contributed by atoms with Crippen molar-refractivity contribution in [3.8, 4) is 0 Å². The van der Waals surface area contributed by atoms with Crippen molar-refractivity contribution in [1.82, 2.24) is 29.4 Å². The summed E-state index contributed by atoms with van der Waals surface area (Å²) in [5.41, 5.74) is 1.96. The van der Waals surface area contributed by atoms with Crippen LogP contribution in [0.5, 0.6) is 0 Å². The molecule has 7 heteroatoms. The van der Waals surface area contributed by atoms with Crippen LogP contribution in [0.2, 0.25) is 0 Å². The van der Waals surface area contributed by atoms with E-state index in [9.17, 15) is 0 Å². The number of aryl methyl sites for hydroxylation is 1. The van der Waals surface area contributed by atoms with E-state index >= 15 is 0 Å². The van der Waals surface area contributed by atoms with E-state index in [-0.39, 0.29) is 0 Å². The summed E-state index contributed by atoms with van der Waals surface area (Å²) >= 11 is 0. The maximum Gasteiger partial charge on any atom is 0.225 e. The molecule has 0 unspecified atom stereocenters. The molecule has 0 amide bonds. The zero-order chi connectivity index (χ0) is 16.9. The predicted octanol–water partition coefficient (Wildman–Crippen LogP) is 1.82. The van der Waals surface area contributed by atoms with Gasteiger partial charge >= 0.3 is 0 Å². The maximum atomic E-state index is 4.35. The van der Waals surface area contributed by atoms with Crippen LogP contribution in [0.25, 0.3) is 11.2 Å². The Morgan fingerprint density at radius 3 is 2.40 bits per heavy atom. The molecule has 3 aromatic heterocycles. The molecule has 0 N–H and O–H groups in total. The van der Waals surface area contributed by atoms with Crippen molar-refractivity contribution in [2.45, 2.75) is 19.4 Å². The van der Waals surface area contributed by atoms with Crippen LogP contribution in [0.15, 0.2) is 43.1 Å². The lowest BCUT2D eigenvalue weighted by Gasteiger charge is -2.34. The molecule has 0 bridgehead atoms. The van der Waals surface area contributed by atoms with E-state index in [1.165, 1.54) is 6.42 Å². The van der Waals surface area contributed by atoms with E-state index in [2.05, 4.69) is 40.4 Å². The fourth-order valence-electron chi connectivity index (χ4n) is 3.32. The van der Waals surface area contributed by atoms with Crippen LogP contribution in [0.1, 0.15) is 12.8 Å². The Morgan fingerprint density at radius 1 is 0.800 bits per heavy atom. The van der Waals surface area contributed by atoms with E-state index in [1.807, 2.05) is 30.9 Å². The first kappa shape index (κ1) is 16.0. The van der Waals surface area contributed by atoms with Crippen LogP contribution in [0.3, 0.4) is 0 Å². The van der Waals surface area contributed by atoms with Gasteiger partial charge in [-0.2, -0.15) is 0 Å². The summed E-state index contributed by atoms with van der Waals surface area (Å²) in [5.74, 6) is 0.850. The molecule has 0 saturated carbocycles. The molecule has 1 fully saturated rings. The van der Waals surface area contributed by atoms with Crippen molar-refractivity contribution in [3.63, 3.8) is 0 Å². The summed E-state index contributed by atoms with van der Waals surface area (Å²) < 4.78 is 2.20. The monoisotopic (exact) mass is 337 g/mol. The topological polar surface area (TPSA) is 63.0 Å². The molecule has 0 radical (unpaired) electrons. The highest BCUT2D eigenvalue weighted by Crippen LogP contribution is 2.12. The Bertz CT molecular complexity index is 793. The Balaban J connectivity index is 1.20. The molecule has 4 heterocycles. The number of rotatable bonds is 6. The van der Waals surface area contributed by atoms with Gasteiger partial charge in [0.05, 0.1) is 11.8 Å². The van der Waals surface area contributed by atoms with Crippen molar-refractivity contribution in [3.05, 3.63) is 43.1 Å². The highest BCUT2D eigenvalue weighted by molar-refractivity contribution is 5.70. The summed E-state index contributed by atoms with van der Waals surface area (Å²) in [5, 5.41) is 0. The SMILES string of the molecule is c1cnc(N2CCN(CCCCn3cnc4ncccc43)CC2)nc1. The van der Waals surface area contributed by atoms with Gasteiger partial charge in [-0.3, -0.25) is 4.90 Å². The predicted molar refractivity (Wildman–Crippen MR) is 97.4 cm³/mol. The van der Waals surface area contributed by atoms with Crippen molar-refractivity contribution < 1.29 is 0 Å². The normalized spacial score (nSPS) is 15.8. The quantitative estimate of drug-likeness (QED) is 0.640. The lowest BCUT2D eigenvalue weighted by atomic mass is 10.2. The van der Waals surface area contributed by atoms with E-state index in [4.69, 9.17) is 0 Å². The zero-order valence-electron chi connectivity index (χ0n) is 14.3.